The normalized spacial score (nSPS) is 16.1. The van der Waals surface area contributed by atoms with Gasteiger partial charge in [0, 0.05) is 25.0 Å². The van der Waals surface area contributed by atoms with Crippen LogP contribution >= 0.6 is 0 Å². The van der Waals surface area contributed by atoms with Gasteiger partial charge >= 0.3 is 6.09 Å². The van der Waals surface area contributed by atoms with Gasteiger partial charge in [-0.25, -0.2) is 4.79 Å². The van der Waals surface area contributed by atoms with Gasteiger partial charge in [-0.05, 0) is 56.8 Å². The molecule has 1 heterocycles. The summed E-state index contributed by atoms with van der Waals surface area (Å²) in [6, 6.07) is 16.0. The number of hydrogen-bond acceptors (Lipinski definition) is 5. The zero-order chi connectivity index (χ0) is 23.1. The third kappa shape index (κ3) is 6.07. The number of nitrogens with one attached hydrogen (secondary N) is 1. The van der Waals surface area contributed by atoms with E-state index >= 15 is 0 Å². The number of alkyl carbamates (subject to hydrolysis) is 1. The van der Waals surface area contributed by atoms with Crippen LogP contribution in [0.25, 0.3) is 0 Å². The summed E-state index contributed by atoms with van der Waals surface area (Å²) in [5, 5.41) is 2.69. The first-order chi connectivity index (χ1) is 15.3. The van der Waals surface area contributed by atoms with Crippen molar-refractivity contribution in [2.45, 2.75) is 25.5 Å². The lowest BCUT2D eigenvalue weighted by Gasteiger charge is -2.32. The first-order valence-electron chi connectivity index (χ1n) is 10.6. The number of likely N-dealkylation sites (N-methyl/N-ethyl adjacent to an activating group) is 2. The lowest BCUT2D eigenvalue weighted by atomic mass is 10.0. The third-order valence-electron chi connectivity index (χ3n) is 5.32. The van der Waals surface area contributed by atoms with Crippen LogP contribution in [-0.4, -0.2) is 63.1 Å². The molecule has 1 aliphatic heterocycles. The van der Waals surface area contributed by atoms with Crippen molar-refractivity contribution in [2.75, 3.05) is 44.0 Å². The van der Waals surface area contributed by atoms with Crippen molar-refractivity contribution in [1.29, 1.82) is 0 Å². The zero-order valence-corrected chi connectivity index (χ0v) is 18.8. The Labute approximate surface area is 188 Å². The molecule has 8 heteroatoms. The fourth-order valence-corrected chi connectivity index (χ4v) is 3.55. The molecule has 32 heavy (non-hydrogen) atoms. The molecule has 1 saturated heterocycles. The van der Waals surface area contributed by atoms with Gasteiger partial charge in [0.05, 0.1) is 6.54 Å². The SMILES string of the molecule is CN(C)CC(=O)N(C)c1ccc(N2CCC[C@H](NC(=O)OCc3ccccc3)C2=O)cc1. The van der Waals surface area contributed by atoms with Gasteiger partial charge in [-0.3, -0.25) is 9.59 Å². The number of nitrogens with zero attached hydrogens (tertiary/aromatic N) is 3. The highest BCUT2D eigenvalue weighted by Gasteiger charge is 2.31. The molecular formula is C24H30N4O4. The van der Waals surface area contributed by atoms with Gasteiger partial charge in [0.15, 0.2) is 0 Å². The predicted octanol–water partition coefficient (Wildman–Crippen LogP) is 2.63. The maximum Gasteiger partial charge on any atom is 0.408 e. The maximum absolute atomic E-state index is 13.0. The van der Waals surface area contributed by atoms with Crippen LogP contribution in [0, 0.1) is 0 Å². The number of rotatable bonds is 7. The molecule has 0 spiro atoms. The molecule has 3 amide bonds. The molecule has 1 atom stereocenters. The monoisotopic (exact) mass is 438 g/mol. The molecule has 0 saturated carbocycles. The average Bonchev–Trinajstić information content (AvgIpc) is 2.79. The van der Waals surface area contributed by atoms with Crippen LogP contribution in [0.5, 0.6) is 0 Å². The molecule has 2 aromatic carbocycles. The highest BCUT2D eigenvalue weighted by atomic mass is 16.5. The van der Waals surface area contributed by atoms with Crippen LogP contribution in [0.3, 0.4) is 0 Å². The van der Waals surface area contributed by atoms with Crippen LogP contribution in [0.1, 0.15) is 18.4 Å². The molecule has 0 bridgehead atoms. The van der Waals surface area contributed by atoms with Crippen LogP contribution in [0.4, 0.5) is 16.2 Å². The Morgan fingerprint density at radius 2 is 1.75 bits per heavy atom. The standard InChI is InChI=1S/C24H30N4O4/c1-26(2)16-22(29)27(3)19-11-13-20(14-12-19)28-15-7-10-21(23(28)30)25-24(31)32-17-18-8-5-4-6-9-18/h4-6,8-9,11-14,21H,7,10,15-17H2,1-3H3,(H,25,31)/t21-/m0/s1. The summed E-state index contributed by atoms with van der Waals surface area (Å²) in [7, 11) is 5.42. The van der Waals surface area contributed by atoms with Crippen LogP contribution < -0.4 is 15.1 Å². The molecule has 8 nitrogen and oxygen atoms in total. The second kappa shape index (κ2) is 10.8. The highest BCUT2D eigenvalue weighted by Crippen LogP contribution is 2.24. The van der Waals surface area contributed by atoms with Gasteiger partial charge in [0.2, 0.25) is 11.8 Å². The lowest BCUT2D eigenvalue weighted by Crippen LogP contribution is -2.52. The average molecular weight is 439 g/mol. The summed E-state index contributed by atoms with van der Waals surface area (Å²) < 4.78 is 5.25. The molecule has 1 fully saturated rings. The van der Waals surface area contributed by atoms with Crippen molar-refractivity contribution < 1.29 is 19.1 Å². The summed E-state index contributed by atoms with van der Waals surface area (Å²) in [4.78, 5) is 42.5. The van der Waals surface area contributed by atoms with Gasteiger partial charge < -0.3 is 24.8 Å². The van der Waals surface area contributed by atoms with E-state index in [0.29, 0.717) is 19.5 Å². The van der Waals surface area contributed by atoms with Crippen molar-refractivity contribution in [1.82, 2.24) is 10.2 Å². The molecule has 0 radical (unpaired) electrons. The van der Waals surface area contributed by atoms with Gasteiger partial charge in [-0.2, -0.15) is 0 Å². The molecular weight excluding hydrogens is 408 g/mol. The Morgan fingerprint density at radius 1 is 1.06 bits per heavy atom. The van der Waals surface area contributed by atoms with E-state index in [1.807, 2.05) is 73.6 Å². The van der Waals surface area contributed by atoms with E-state index in [0.717, 1.165) is 23.4 Å². The topological polar surface area (TPSA) is 82.2 Å². The van der Waals surface area contributed by atoms with Crippen LogP contribution in [-0.2, 0) is 20.9 Å². The Bertz CT molecular complexity index is 931. The van der Waals surface area contributed by atoms with Crippen LogP contribution in [0.15, 0.2) is 54.6 Å². The Hall–Kier alpha value is -3.39. The van der Waals surface area contributed by atoms with E-state index in [1.165, 1.54) is 0 Å². The number of carbonyl (C=O) groups is 3. The summed E-state index contributed by atoms with van der Waals surface area (Å²) in [5.41, 5.74) is 2.37. The van der Waals surface area contributed by atoms with Crippen molar-refractivity contribution in [2.24, 2.45) is 0 Å². The van der Waals surface area contributed by atoms with Crippen LogP contribution in [0.2, 0.25) is 0 Å². The van der Waals surface area contributed by atoms with E-state index in [4.69, 9.17) is 4.74 Å². The van der Waals surface area contributed by atoms with E-state index in [1.54, 1.807) is 16.8 Å². The summed E-state index contributed by atoms with van der Waals surface area (Å²) in [6.07, 6.45) is 0.721. The fraction of sp³-hybridized carbons (Fsp3) is 0.375. The largest absolute Gasteiger partial charge is 0.445 e. The lowest BCUT2D eigenvalue weighted by molar-refractivity contribution is -0.121. The fourth-order valence-electron chi connectivity index (χ4n) is 3.55. The quantitative estimate of drug-likeness (QED) is 0.719. The number of carbonyl (C=O) groups excluding carboxylic acids is 3. The minimum absolute atomic E-state index is 0.0184. The number of amides is 3. The van der Waals surface area contributed by atoms with E-state index in [-0.39, 0.29) is 18.4 Å². The van der Waals surface area contributed by atoms with Gasteiger partial charge in [0.25, 0.3) is 0 Å². The summed E-state index contributed by atoms with van der Waals surface area (Å²) >= 11 is 0. The van der Waals surface area contributed by atoms with E-state index < -0.39 is 12.1 Å². The van der Waals surface area contributed by atoms with Gasteiger partial charge in [-0.15, -0.1) is 0 Å². The van der Waals surface area contributed by atoms with Gasteiger partial charge in [-0.1, -0.05) is 30.3 Å². The Kier molecular flexibility index (Phi) is 7.83. The molecule has 0 aliphatic carbocycles. The molecule has 2 aromatic rings. The molecule has 0 aromatic heterocycles. The van der Waals surface area contributed by atoms with Crippen molar-refractivity contribution in [3.05, 3.63) is 60.2 Å². The second-order valence-corrected chi connectivity index (χ2v) is 8.10. The minimum Gasteiger partial charge on any atom is -0.445 e. The molecule has 1 aliphatic rings. The van der Waals surface area contributed by atoms with Gasteiger partial charge in [0.1, 0.15) is 12.6 Å². The smallest absolute Gasteiger partial charge is 0.408 e. The van der Waals surface area contributed by atoms with Crippen molar-refractivity contribution in [3.8, 4) is 0 Å². The molecule has 1 N–H and O–H groups in total. The van der Waals surface area contributed by atoms with E-state index in [2.05, 4.69) is 5.32 Å². The number of piperidine rings is 1. The summed E-state index contributed by atoms with van der Waals surface area (Å²) in [6.45, 7) is 1.04. The number of hydrogen-bond donors (Lipinski definition) is 1. The third-order valence-corrected chi connectivity index (χ3v) is 5.32. The second-order valence-electron chi connectivity index (χ2n) is 8.10. The predicted molar refractivity (Wildman–Crippen MR) is 124 cm³/mol. The molecule has 3 rings (SSSR count). The molecule has 0 unspecified atom stereocenters. The number of benzene rings is 2. The Balaban J connectivity index is 1.58. The van der Waals surface area contributed by atoms with Crippen molar-refractivity contribution >= 4 is 29.3 Å². The maximum atomic E-state index is 13.0. The zero-order valence-electron chi connectivity index (χ0n) is 18.8. The number of ether oxygens (including phenoxy) is 1. The first-order valence-corrected chi connectivity index (χ1v) is 10.6. The van der Waals surface area contributed by atoms with Crippen molar-refractivity contribution in [3.63, 3.8) is 0 Å². The minimum atomic E-state index is -0.629. The summed E-state index contributed by atoms with van der Waals surface area (Å²) in [5.74, 6) is -0.187. The highest BCUT2D eigenvalue weighted by molar-refractivity contribution is 6.00. The number of anilines is 2. The first kappa shape index (κ1) is 23.3. The van der Waals surface area contributed by atoms with E-state index in [9.17, 15) is 14.4 Å². The molecule has 170 valence electrons. The Morgan fingerprint density at radius 3 is 2.41 bits per heavy atom.